The summed E-state index contributed by atoms with van der Waals surface area (Å²) >= 11 is 6.20. The van der Waals surface area contributed by atoms with E-state index in [2.05, 4.69) is 32.0 Å². The Kier molecular flexibility index (Phi) is 8.15. The number of amides is 3. The first-order chi connectivity index (χ1) is 16.9. The lowest BCUT2D eigenvalue weighted by Crippen LogP contribution is -2.40. The molecule has 0 bridgehead atoms. The maximum absolute atomic E-state index is 12.4. The van der Waals surface area contributed by atoms with Crippen molar-refractivity contribution in [3.63, 3.8) is 0 Å². The normalized spacial score (nSPS) is 13.3. The van der Waals surface area contributed by atoms with E-state index < -0.39 is 0 Å². The second kappa shape index (κ2) is 11.7. The van der Waals surface area contributed by atoms with Crippen LogP contribution in [0.4, 0.5) is 22.0 Å². The topological polar surface area (TPSA) is 99.3 Å². The number of hydrogen-bond donors (Lipinski definition) is 3. The zero-order valence-corrected chi connectivity index (χ0v) is 20.3. The molecule has 9 heteroatoms. The summed E-state index contributed by atoms with van der Waals surface area (Å²) in [4.78, 5) is 35.1. The molecule has 0 saturated heterocycles. The van der Waals surface area contributed by atoms with Crippen molar-refractivity contribution in [2.24, 2.45) is 0 Å². The van der Waals surface area contributed by atoms with Gasteiger partial charge in [0.2, 0.25) is 5.91 Å². The second-order valence-electron chi connectivity index (χ2n) is 8.60. The van der Waals surface area contributed by atoms with Gasteiger partial charge in [0.1, 0.15) is 16.8 Å². The average Bonchev–Trinajstić information content (AvgIpc) is 3.33. The Labute approximate surface area is 210 Å². The summed E-state index contributed by atoms with van der Waals surface area (Å²) in [6.07, 6.45) is 4.85. The largest absolute Gasteiger partial charge is 0.352 e. The number of anilines is 3. The number of carbonyl (C=O) groups is 2. The minimum absolute atomic E-state index is 0.0384. The van der Waals surface area contributed by atoms with Gasteiger partial charge in [-0.25, -0.2) is 14.8 Å². The number of rotatable bonds is 8. The van der Waals surface area contributed by atoms with Crippen molar-refractivity contribution in [3.05, 3.63) is 77.2 Å². The molecule has 0 spiro atoms. The van der Waals surface area contributed by atoms with Crippen LogP contribution in [0.3, 0.4) is 0 Å². The molecule has 0 atom stereocenters. The van der Waals surface area contributed by atoms with E-state index in [4.69, 9.17) is 11.6 Å². The van der Waals surface area contributed by atoms with E-state index in [1.807, 2.05) is 54.6 Å². The minimum atomic E-state index is -0.317. The first-order valence-corrected chi connectivity index (χ1v) is 12.0. The maximum Gasteiger partial charge on any atom is 0.323 e. The molecule has 3 aromatic rings. The number of nitrogens with one attached hydrogen (secondary N) is 3. The van der Waals surface area contributed by atoms with E-state index in [-0.39, 0.29) is 29.7 Å². The van der Waals surface area contributed by atoms with Gasteiger partial charge in [-0.2, -0.15) is 0 Å². The van der Waals surface area contributed by atoms with Crippen LogP contribution in [0, 0.1) is 6.07 Å². The third kappa shape index (κ3) is 7.42. The lowest BCUT2D eigenvalue weighted by molar-refractivity contribution is -0.120. The summed E-state index contributed by atoms with van der Waals surface area (Å²) in [5, 5.41) is 8.86. The molecule has 4 rings (SSSR count). The summed E-state index contributed by atoms with van der Waals surface area (Å²) in [7, 11) is 1.79. The van der Waals surface area contributed by atoms with Gasteiger partial charge in [-0.1, -0.05) is 54.8 Å². The Hall–Kier alpha value is -3.65. The zero-order valence-electron chi connectivity index (χ0n) is 19.6. The summed E-state index contributed by atoms with van der Waals surface area (Å²) < 4.78 is 0. The van der Waals surface area contributed by atoms with Crippen molar-refractivity contribution < 1.29 is 9.59 Å². The number of para-hydroxylation sites is 1. The number of urea groups is 1. The Morgan fingerprint density at radius 2 is 1.66 bits per heavy atom. The van der Waals surface area contributed by atoms with E-state index in [1.54, 1.807) is 11.9 Å². The van der Waals surface area contributed by atoms with Crippen molar-refractivity contribution in [3.8, 4) is 0 Å². The Morgan fingerprint density at radius 1 is 1.00 bits per heavy atom. The zero-order chi connectivity index (χ0) is 24.6. The van der Waals surface area contributed by atoms with Crippen molar-refractivity contribution in [1.82, 2.24) is 15.3 Å². The standard InChI is InChI=1S/C26H28ClN6O2/c1-33(17-25(34)28-19-9-5-6-10-19)24-16-22(27)31-23(32-24)15-18-11-13-21(14-12-18)30-26(35)29-20-7-3-2-4-8-20/h2-4,7-8,11-14,19H,5-6,9-10,15,17H2,1H3,(H,28,34)(H2,29,30,35). The van der Waals surface area contributed by atoms with Gasteiger partial charge in [0.25, 0.3) is 0 Å². The van der Waals surface area contributed by atoms with E-state index in [1.165, 1.54) is 0 Å². The van der Waals surface area contributed by atoms with E-state index in [0.29, 0.717) is 29.4 Å². The number of halogens is 1. The van der Waals surface area contributed by atoms with Crippen LogP contribution in [0.25, 0.3) is 0 Å². The Bertz CT molecular complexity index is 1150. The number of nitrogens with zero attached hydrogens (tertiary/aromatic N) is 3. The summed E-state index contributed by atoms with van der Waals surface area (Å²) in [6, 6.07) is 19.5. The quantitative estimate of drug-likeness (QED) is 0.398. The van der Waals surface area contributed by atoms with Crippen LogP contribution < -0.4 is 20.9 Å². The third-order valence-electron chi connectivity index (χ3n) is 5.75. The van der Waals surface area contributed by atoms with E-state index in [0.717, 1.165) is 31.2 Å². The fourth-order valence-electron chi connectivity index (χ4n) is 4.01. The molecule has 1 heterocycles. The molecule has 0 unspecified atom stereocenters. The lowest BCUT2D eigenvalue weighted by atomic mass is 10.1. The number of likely N-dealkylation sites (N-methyl/N-ethyl adjacent to an activating group) is 1. The van der Waals surface area contributed by atoms with Crippen molar-refractivity contribution >= 4 is 40.7 Å². The molecule has 2 aromatic carbocycles. The van der Waals surface area contributed by atoms with Crippen molar-refractivity contribution in [2.45, 2.75) is 38.1 Å². The van der Waals surface area contributed by atoms with Crippen LogP contribution in [0.2, 0.25) is 5.15 Å². The van der Waals surface area contributed by atoms with Crippen LogP contribution in [0.15, 0.2) is 54.6 Å². The highest BCUT2D eigenvalue weighted by molar-refractivity contribution is 6.29. The van der Waals surface area contributed by atoms with Crippen LogP contribution >= 0.6 is 11.6 Å². The first-order valence-electron chi connectivity index (χ1n) is 11.6. The monoisotopic (exact) mass is 491 g/mol. The number of hydrogen-bond acceptors (Lipinski definition) is 5. The summed E-state index contributed by atoms with van der Waals surface area (Å²) in [5.74, 6) is 0.954. The second-order valence-corrected chi connectivity index (χ2v) is 8.96. The fraction of sp³-hybridized carbons (Fsp3) is 0.308. The van der Waals surface area contributed by atoms with Gasteiger partial charge in [0, 0.05) is 30.9 Å². The molecular weight excluding hydrogens is 464 g/mol. The molecule has 1 aromatic heterocycles. The third-order valence-corrected chi connectivity index (χ3v) is 5.92. The predicted octanol–water partition coefficient (Wildman–Crippen LogP) is 4.66. The summed E-state index contributed by atoms with van der Waals surface area (Å²) in [5.41, 5.74) is 2.33. The first kappa shape index (κ1) is 24.5. The highest BCUT2D eigenvalue weighted by Crippen LogP contribution is 2.19. The smallest absolute Gasteiger partial charge is 0.323 e. The van der Waals surface area contributed by atoms with Crippen LogP contribution in [0.1, 0.15) is 37.1 Å². The van der Waals surface area contributed by atoms with Gasteiger partial charge in [0.15, 0.2) is 0 Å². The van der Waals surface area contributed by atoms with Crippen LogP contribution in [-0.4, -0.2) is 41.5 Å². The molecule has 8 nitrogen and oxygen atoms in total. The van der Waals surface area contributed by atoms with Crippen molar-refractivity contribution in [1.29, 1.82) is 0 Å². The SMILES string of the molecule is CN(CC(=O)NC1CCCC1)c1[c]c(Cl)nc(Cc2ccc(NC(=O)Nc3ccccc3)cc2)n1. The summed E-state index contributed by atoms with van der Waals surface area (Å²) in [6.45, 7) is 0.172. The van der Waals surface area contributed by atoms with Gasteiger partial charge < -0.3 is 20.9 Å². The molecule has 35 heavy (non-hydrogen) atoms. The molecule has 0 aliphatic heterocycles. The van der Waals surface area contributed by atoms with Crippen LogP contribution in [0.5, 0.6) is 0 Å². The predicted molar refractivity (Wildman–Crippen MR) is 138 cm³/mol. The van der Waals surface area contributed by atoms with Gasteiger partial charge in [-0.15, -0.1) is 0 Å². The van der Waals surface area contributed by atoms with E-state index >= 15 is 0 Å². The van der Waals surface area contributed by atoms with Crippen molar-refractivity contribution in [2.75, 3.05) is 29.1 Å². The minimum Gasteiger partial charge on any atom is -0.352 e. The van der Waals surface area contributed by atoms with Gasteiger partial charge in [-0.05, 0) is 42.7 Å². The number of aromatic nitrogens is 2. The number of carbonyl (C=O) groups excluding carboxylic acids is 2. The molecule has 1 fully saturated rings. The van der Waals surface area contributed by atoms with Gasteiger partial charge >= 0.3 is 6.03 Å². The maximum atomic E-state index is 12.4. The number of benzene rings is 2. The molecular formula is C26H28ClN6O2. The Balaban J connectivity index is 1.33. The highest BCUT2D eigenvalue weighted by atomic mass is 35.5. The Morgan fingerprint density at radius 3 is 2.34 bits per heavy atom. The van der Waals surface area contributed by atoms with E-state index in [9.17, 15) is 9.59 Å². The van der Waals surface area contributed by atoms with Gasteiger partial charge in [0.05, 0.1) is 12.6 Å². The van der Waals surface area contributed by atoms with Crippen LogP contribution in [-0.2, 0) is 11.2 Å². The molecule has 1 saturated carbocycles. The molecule has 3 N–H and O–H groups in total. The molecule has 1 aliphatic carbocycles. The molecule has 3 amide bonds. The molecule has 1 aliphatic rings. The fourth-order valence-corrected chi connectivity index (χ4v) is 4.19. The highest BCUT2D eigenvalue weighted by Gasteiger charge is 2.19. The molecule has 1 radical (unpaired) electrons. The van der Waals surface area contributed by atoms with Gasteiger partial charge in [-0.3, -0.25) is 4.79 Å². The average molecular weight is 492 g/mol. The molecule has 181 valence electrons. The lowest BCUT2D eigenvalue weighted by Gasteiger charge is -2.20.